The number of hydrogen-bond donors (Lipinski definition) is 0. The number of nitro benzene ring substituents is 1. The molecular formula is C19H20F2N2O5. The molecule has 0 saturated carbocycles. The lowest BCUT2D eigenvalue weighted by molar-refractivity contribution is -0.385. The van der Waals surface area contributed by atoms with Crippen molar-refractivity contribution < 1.29 is 28.0 Å². The van der Waals surface area contributed by atoms with E-state index in [4.69, 9.17) is 9.47 Å². The topological polar surface area (TPSA) is 81.9 Å². The Kier molecular flexibility index (Phi) is 6.50. The maximum absolute atomic E-state index is 13.5. The minimum Gasteiger partial charge on any atom is -0.493 e. The molecule has 150 valence electrons. The Bertz CT molecular complexity index is 904. The molecule has 1 unspecified atom stereocenters. The van der Waals surface area contributed by atoms with Gasteiger partial charge in [-0.15, -0.1) is 0 Å². The van der Waals surface area contributed by atoms with Gasteiger partial charge in [0.25, 0.3) is 11.6 Å². The first kappa shape index (κ1) is 21.1. The van der Waals surface area contributed by atoms with E-state index in [1.807, 2.05) is 0 Å². The van der Waals surface area contributed by atoms with Gasteiger partial charge in [0.2, 0.25) is 0 Å². The number of halogens is 2. The highest BCUT2D eigenvalue weighted by atomic mass is 19.2. The molecule has 0 N–H and O–H groups in total. The fraction of sp³-hybridized carbons (Fsp3) is 0.316. The highest BCUT2D eigenvalue weighted by molar-refractivity contribution is 5.99. The van der Waals surface area contributed by atoms with E-state index in [1.165, 1.54) is 31.2 Å². The third-order valence-corrected chi connectivity index (χ3v) is 4.34. The van der Waals surface area contributed by atoms with Crippen LogP contribution in [-0.4, -0.2) is 36.5 Å². The Morgan fingerprint density at radius 1 is 1.21 bits per heavy atom. The molecule has 0 spiro atoms. The summed E-state index contributed by atoms with van der Waals surface area (Å²) in [5.74, 6) is -2.40. The van der Waals surface area contributed by atoms with Crippen LogP contribution in [0.25, 0.3) is 0 Å². The second-order valence-corrected chi connectivity index (χ2v) is 5.98. The Labute approximate surface area is 160 Å². The van der Waals surface area contributed by atoms with Gasteiger partial charge >= 0.3 is 0 Å². The number of carbonyl (C=O) groups excluding carboxylic acids is 1. The van der Waals surface area contributed by atoms with Crippen LogP contribution in [0.2, 0.25) is 0 Å². The molecule has 7 nitrogen and oxygen atoms in total. The van der Waals surface area contributed by atoms with Crippen molar-refractivity contribution in [3.8, 4) is 11.5 Å². The minimum absolute atomic E-state index is 0.126. The zero-order chi connectivity index (χ0) is 21.0. The van der Waals surface area contributed by atoms with Gasteiger partial charge < -0.3 is 14.4 Å². The molecule has 2 rings (SSSR count). The van der Waals surface area contributed by atoms with Crippen LogP contribution in [0.1, 0.15) is 35.8 Å². The van der Waals surface area contributed by atoms with Crippen molar-refractivity contribution in [2.75, 3.05) is 20.8 Å². The lowest BCUT2D eigenvalue weighted by Crippen LogP contribution is -2.30. The SMILES string of the molecule is CCOc1cc(C(=O)N(C)C(C)c2ccc(F)c(F)c2)c([N+](=O)[O-])cc1OC. The molecule has 28 heavy (non-hydrogen) atoms. The van der Waals surface area contributed by atoms with E-state index in [0.717, 1.165) is 18.2 Å². The normalized spacial score (nSPS) is 11.6. The molecule has 0 aromatic heterocycles. The fourth-order valence-corrected chi connectivity index (χ4v) is 2.66. The number of rotatable bonds is 7. The van der Waals surface area contributed by atoms with Gasteiger partial charge in [-0.1, -0.05) is 6.07 Å². The Hall–Kier alpha value is -3.23. The first-order chi connectivity index (χ1) is 13.2. The van der Waals surface area contributed by atoms with E-state index < -0.39 is 34.2 Å². The van der Waals surface area contributed by atoms with Gasteiger partial charge in [0, 0.05) is 13.1 Å². The summed E-state index contributed by atoms with van der Waals surface area (Å²) in [6.07, 6.45) is 0. The monoisotopic (exact) mass is 394 g/mol. The molecule has 1 amide bonds. The van der Waals surface area contributed by atoms with Crippen LogP contribution in [0.4, 0.5) is 14.5 Å². The van der Waals surface area contributed by atoms with Gasteiger partial charge in [-0.3, -0.25) is 14.9 Å². The second-order valence-electron chi connectivity index (χ2n) is 5.98. The molecule has 1 atom stereocenters. The average molecular weight is 394 g/mol. The predicted octanol–water partition coefficient (Wildman–Crippen LogP) is 4.11. The number of nitrogens with zero attached hydrogens (tertiary/aromatic N) is 2. The Morgan fingerprint density at radius 3 is 2.43 bits per heavy atom. The molecule has 2 aromatic rings. The van der Waals surface area contributed by atoms with Crippen molar-refractivity contribution in [2.45, 2.75) is 19.9 Å². The molecule has 0 heterocycles. The molecular weight excluding hydrogens is 374 g/mol. The third kappa shape index (κ3) is 4.19. The quantitative estimate of drug-likeness (QED) is 0.521. The molecule has 0 radical (unpaired) electrons. The summed E-state index contributed by atoms with van der Waals surface area (Å²) < 4.78 is 37.2. The molecule has 0 fully saturated rings. The summed E-state index contributed by atoms with van der Waals surface area (Å²) in [6, 6.07) is 4.99. The van der Waals surface area contributed by atoms with E-state index >= 15 is 0 Å². The number of ether oxygens (including phenoxy) is 2. The number of nitro groups is 1. The van der Waals surface area contributed by atoms with Crippen molar-refractivity contribution in [3.05, 3.63) is 63.2 Å². The van der Waals surface area contributed by atoms with E-state index in [9.17, 15) is 23.7 Å². The van der Waals surface area contributed by atoms with Crippen LogP contribution in [-0.2, 0) is 0 Å². The largest absolute Gasteiger partial charge is 0.493 e. The van der Waals surface area contributed by atoms with Crippen LogP contribution in [0.3, 0.4) is 0 Å². The summed E-state index contributed by atoms with van der Waals surface area (Å²) in [4.78, 5) is 24.9. The number of amides is 1. The molecule has 0 aliphatic rings. The zero-order valence-electron chi connectivity index (χ0n) is 15.9. The first-order valence-corrected chi connectivity index (χ1v) is 8.42. The summed E-state index contributed by atoms with van der Waals surface area (Å²) in [5, 5.41) is 11.5. The van der Waals surface area contributed by atoms with Crippen LogP contribution >= 0.6 is 0 Å². The smallest absolute Gasteiger partial charge is 0.286 e. The number of carbonyl (C=O) groups is 1. The van der Waals surface area contributed by atoms with Crippen molar-refractivity contribution in [1.29, 1.82) is 0 Å². The van der Waals surface area contributed by atoms with Crippen LogP contribution in [0.5, 0.6) is 11.5 Å². The van der Waals surface area contributed by atoms with Crippen LogP contribution < -0.4 is 9.47 Å². The van der Waals surface area contributed by atoms with Crippen molar-refractivity contribution in [3.63, 3.8) is 0 Å². The van der Waals surface area contributed by atoms with E-state index in [2.05, 4.69) is 0 Å². The van der Waals surface area contributed by atoms with E-state index in [1.54, 1.807) is 13.8 Å². The molecule has 0 aliphatic carbocycles. The first-order valence-electron chi connectivity index (χ1n) is 8.42. The number of methoxy groups -OCH3 is 1. The number of hydrogen-bond acceptors (Lipinski definition) is 5. The van der Waals surface area contributed by atoms with Gasteiger partial charge in [-0.05, 0) is 31.5 Å². The Morgan fingerprint density at radius 2 is 1.89 bits per heavy atom. The lowest BCUT2D eigenvalue weighted by Gasteiger charge is -2.25. The summed E-state index contributed by atoms with van der Waals surface area (Å²) in [7, 11) is 2.75. The summed E-state index contributed by atoms with van der Waals surface area (Å²) >= 11 is 0. The Balaban J connectivity index is 2.46. The average Bonchev–Trinajstić information content (AvgIpc) is 2.68. The van der Waals surface area contributed by atoms with Gasteiger partial charge in [0.05, 0.1) is 30.7 Å². The van der Waals surface area contributed by atoms with Crippen LogP contribution in [0, 0.1) is 21.7 Å². The van der Waals surface area contributed by atoms with Crippen molar-refractivity contribution >= 4 is 11.6 Å². The van der Waals surface area contributed by atoms with Crippen molar-refractivity contribution in [1.82, 2.24) is 4.90 Å². The van der Waals surface area contributed by atoms with Crippen LogP contribution in [0.15, 0.2) is 30.3 Å². The summed E-state index contributed by atoms with van der Waals surface area (Å²) in [6.45, 7) is 3.59. The fourth-order valence-electron chi connectivity index (χ4n) is 2.66. The van der Waals surface area contributed by atoms with E-state index in [0.29, 0.717) is 5.56 Å². The molecule has 0 bridgehead atoms. The van der Waals surface area contributed by atoms with Gasteiger partial charge in [-0.25, -0.2) is 8.78 Å². The zero-order valence-corrected chi connectivity index (χ0v) is 15.9. The standard InChI is InChI=1S/C19H20F2N2O5/c1-5-28-18-9-13(16(23(25)26)10-17(18)27-4)19(24)22(3)11(2)12-6-7-14(20)15(21)8-12/h6-11H,5H2,1-4H3. The van der Waals surface area contributed by atoms with Gasteiger partial charge in [-0.2, -0.15) is 0 Å². The molecule has 0 aliphatic heterocycles. The van der Waals surface area contributed by atoms with Gasteiger partial charge in [0.15, 0.2) is 23.1 Å². The maximum Gasteiger partial charge on any atom is 0.286 e. The van der Waals surface area contributed by atoms with Crippen molar-refractivity contribution in [2.24, 2.45) is 0 Å². The minimum atomic E-state index is -1.04. The molecule has 9 heteroatoms. The maximum atomic E-state index is 13.5. The lowest BCUT2D eigenvalue weighted by atomic mass is 10.0. The van der Waals surface area contributed by atoms with E-state index in [-0.39, 0.29) is 23.7 Å². The second kappa shape index (κ2) is 8.64. The summed E-state index contributed by atoms with van der Waals surface area (Å²) in [5.41, 5.74) is -0.309. The third-order valence-electron chi connectivity index (χ3n) is 4.34. The highest BCUT2D eigenvalue weighted by Gasteiger charge is 2.29. The molecule has 0 saturated heterocycles. The number of benzene rings is 2. The van der Waals surface area contributed by atoms with Gasteiger partial charge in [0.1, 0.15) is 5.56 Å². The predicted molar refractivity (Wildman–Crippen MR) is 97.7 cm³/mol. The molecule has 2 aromatic carbocycles. The highest BCUT2D eigenvalue weighted by Crippen LogP contribution is 2.36.